The number of aromatic nitrogens is 2. The molecule has 2 aromatic heterocycles. The average molecular weight is 391 g/mol. The second-order valence-corrected chi connectivity index (χ2v) is 8.49. The lowest BCUT2D eigenvalue weighted by atomic mass is 10.1. The van der Waals surface area contributed by atoms with Crippen LogP contribution < -0.4 is 5.14 Å². The van der Waals surface area contributed by atoms with Gasteiger partial charge in [0.05, 0.1) is 5.52 Å². The SMILES string of the molecule is CC(C)(C)OC(=O)n1cc(-c2ccc(S(N)(=O)=O)nc2)c2ccc(F)cc21. The summed E-state index contributed by atoms with van der Waals surface area (Å²) in [6.45, 7) is 5.19. The number of sulfonamides is 1. The lowest BCUT2D eigenvalue weighted by Crippen LogP contribution is -2.26. The summed E-state index contributed by atoms with van der Waals surface area (Å²) in [5, 5.41) is 5.38. The number of pyridine rings is 1. The molecule has 0 atom stereocenters. The Bertz CT molecular complexity index is 1130. The van der Waals surface area contributed by atoms with Crippen molar-refractivity contribution in [2.75, 3.05) is 0 Å². The van der Waals surface area contributed by atoms with Crippen LogP contribution in [0.2, 0.25) is 0 Å². The van der Waals surface area contributed by atoms with Crippen molar-refractivity contribution in [1.29, 1.82) is 0 Å². The molecular weight excluding hydrogens is 373 g/mol. The van der Waals surface area contributed by atoms with Crippen molar-refractivity contribution in [3.8, 4) is 11.1 Å². The standard InChI is InChI=1S/C18H18FN3O4S/c1-18(2,3)26-17(23)22-10-14(13-6-5-12(19)8-15(13)22)11-4-7-16(21-9-11)27(20,24)25/h4-10H,1-3H3,(H2,20,24,25). The van der Waals surface area contributed by atoms with Crippen LogP contribution in [0.3, 0.4) is 0 Å². The number of nitrogens with zero attached hydrogens (tertiary/aromatic N) is 2. The zero-order valence-corrected chi connectivity index (χ0v) is 15.7. The molecule has 0 spiro atoms. The van der Waals surface area contributed by atoms with Gasteiger partial charge in [-0.15, -0.1) is 0 Å². The van der Waals surface area contributed by atoms with Gasteiger partial charge in [0.1, 0.15) is 11.4 Å². The van der Waals surface area contributed by atoms with Crippen LogP contribution in [0.15, 0.2) is 47.8 Å². The van der Waals surface area contributed by atoms with E-state index in [4.69, 9.17) is 9.88 Å². The topological polar surface area (TPSA) is 104 Å². The third kappa shape index (κ3) is 3.99. The van der Waals surface area contributed by atoms with Crippen LogP contribution >= 0.6 is 0 Å². The van der Waals surface area contributed by atoms with E-state index >= 15 is 0 Å². The van der Waals surface area contributed by atoms with Crippen LogP contribution in [0.4, 0.5) is 9.18 Å². The molecule has 0 saturated carbocycles. The van der Waals surface area contributed by atoms with E-state index in [1.807, 2.05) is 0 Å². The molecule has 9 heteroatoms. The van der Waals surface area contributed by atoms with Gasteiger partial charge in [-0.2, -0.15) is 0 Å². The van der Waals surface area contributed by atoms with Crippen molar-refractivity contribution in [2.45, 2.75) is 31.4 Å². The highest BCUT2D eigenvalue weighted by atomic mass is 32.2. The molecule has 0 amide bonds. The maximum absolute atomic E-state index is 13.8. The Labute approximate surface area is 155 Å². The molecule has 142 valence electrons. The van der Waals surface area contributed by atoms with E-state index in [1.165, 1.54) is 47.3 Å². The van der Waals surface area contributed by atoms with Gasteiger partial charge < -0.3 is 4.74 Å². The van der Waals surface area contributed by atoms with Gasteiger partial charge in [-0.05, 0) is 51.1 Å². The van der Waals surface area contributed by atoms with E-state index in [1.54, 1.807) is 20.8 Å². The van der Waals surface area contributed by atoms with E-state index in [-0.39, 0.29) is 5.03 Å². The highest BCUT2D eigenvalue weighted by Crippen LogP contribution is 2.31. The summed E-state index contributed by atoms with van der Waals surface area (Å²) in [6, 6.07) is 6.83. The minimum atomic E-state index is -3.92. The van der Waals surface area contributed by atoms with Crippen molar-refractivity contribution < 1.29 is 22.3 Å². The minimum Gasteiger partial charge on any atom is -0.443 e. The van der Waals surface area contributed by atoms with Gasteiger partial charge in [0.2, 0.25) is 0 Å². The molecule has 0 unspecified atom stereocenters. The van der Waals surface area contributed by atoms with Crippen molar-refractivity contribution in [2.24, 2.45) is 5.14 Å². The smallest absolute Gasteiger partial charge is 0.419 e. The predicted molar refractivity (Wildman–Crippen MR) is 98.1 cm³/mol. The van der Waals surface area contributed by atoms with Gasteiger partial charge in [0.25, 0.3) is 10.0 Å². The van der Waals surface area contributed by atoms with E-state index in [0.29, 0.717) is 22.0 Å². The summed E-state index contributed by atoms with van der Waals surface area (Å²) >= 11 is 0. The normalized spacial score (nSPS) is 12.3. The van der Waals surface area contributed by atoms with Crippen LogP contribution in [0, 0.1) is 5.82 Å². The molecular formula is C18H18FN3O4S. The fraction of sp³-hybridized carbons (Fsp3) is 0.222. The highest BCUT2D eigenvalue weighted by molar-refractivity contribution is 7.89. The zero-order chi connectivity index (χ0) is 20.0. The Balaban J connectivity index is 2.15. The summed E-state index contributed by atoms with van der Waals surface area (Å²) < 4.78 is 43.1. The van der Waals surface area contributed by atoms with Crippen LogP contribution in [0.1, 0.15) is 20.8 Å². The molecule has 0 aliphatic rings. The maximum Gasteiger partial charge on any atom is 0.419 e. The van der Waals surface area contributed by atoms with Crippen LogP contribution in [0.25, 0.3) is 22.0 Å². The zero-order valence-electron chi connectivity index (χ0n) is 14.9. The number of hydrogen-bond acceptors (Lipinski definition) is 5. The lowest BCUT2D eigenvalue weighted by Gasteiger charge is -2.19. The average Bonchev–Trinajstić information content (AvgIpc) is 2.91. The van der Waals surface area contributed by atoms with Gasteiger partial charge >= 0.3 is 6.09 Å². The second kappa shape index (κ2) is 6.43. The van der Waals surface area contributed by atoms with E-state index in [9.17, 15) is 17.6 Å². The number of carbonyl (C=O) groups excluding carboxylic acids is 1. The molecule has 0 radical (unpaired) electrons. The summed E-state index contributed by atoms with van der Waals surface area (Å²) in [5.41, 5.74) is 0.722. The number of ether oxygens (including phenoxy) is 1. The van der Waals surface area contributed by atoms with Gasteiger partial charge in [-0.3, -0.25) is 4.57 Å². The van der Waals surface area contributed by atoms with Gasteiger partial charge in [0.15, 0.2) is 5.03 Å². The third-order valence-corrected chi connectivity index (χ3v) is 4.52. The number of benzene rings is 1. The molecule has 0 bridgehead atoms. The van der Waals surface area contributed by atoms with Crippen molar-refractivity contribution in [1.82, 2.24) is 9.55 Å². The predicted octanol–water partition coefficient (Wildman–Crippen LogP) is 3.27. The molecule has 2 heterocycles. The largest absolute Gasteiger partial charge is 0.443 e. The Kier molecular flexibility index (Phi) is 4.52. The van der Waals surface area contributed by atoms with Gasteiger partial charge in [-0.1, -0.05) is 0 Å². The number of halogens is 1. The molecule has 0 aliphatic carbocycles. The molecule has 3 rings (SSSR count). The number of fused-ring (bicyclic) bond motifs is 1. The van der Waals surface area contributed by atoms with Crippen molar-refractivity contribution >= 4 is 27.0 Å². The first-order valence-corrected chi connectivity index (χ1v) is 9.53. The number of rotatable bonds is 2. The van der Waals surface area contributed by atoms with E-state index in [2.05, 4.69) is 4.98 Å². The van der Waals surface area contributed by atoms with Gasteiger partial charge in [0, 0.05) is 28.9 Å². The summed E-state index contributed by atoms with van der Waals surface area (Å²) in [7, 11) is -3.92. The van der Waals surface area contributed by atoms with Crippen molar-refractivity contribution in [3.63, 3.8) is 0 Å². The number of carbonyl (C=O) groups is 1. The molecule has 0 saturated heterocycles. The molecule has 27 heavy (non-hydrogen) atoms. The monoisotopic (exact) mass is 391 g/mol. The maximum atomic E-state index is 13.8. The first-order chi connectivity index (χ1) is 12.5. The summed E-state index contributed by atoms with van der Waals surface area (Å²) in [6.07, 6.45) is 2.18. The summed E-state index contributed by atoms with van der Waals surface area (Å²) in [5.74, 6) is -0.500. The fourth-order valence-corrected chi connectivity index (χ4v) is 3.06. The Morgan fingerprint density at radius 3 is 2.48 bits per heavy atom. The number of primary sulfonamides is 1. The van der Waals surface area contributed by atoms with Crippen molar-refractivity contribution in [3.05, 3.63) is 48.5 Å². The Morgan fingerprint density at radius 1 is 1.22 bits per heavy atom. The number of hydrogen-bond donors (Lipinski definition) is 1. The first kappa shape index (κ1) is 19.0. The molecule has 1 aromatic carbocycles. The summed E-state index contributed by atoms with van der Waals surface area (Å²) in [4.78, 5) is 16.4. The molecule has 0 aliphatic heterocycles. The minimum absolute atomic E-state index is 0.270. The molecule has 7 nitrogen and oxygen atoms in total. The highest BCUT2D eigenvalue weighted by Gasteiger charge is 2.22. The molecule has 0 fully saturated rings. The van der Waals surface area contributed by atoms with Crippen LogP contribution in [0.5, 0.6) is 0 Å². The first-order valence-electron chi connectivity index (χ1n) is 7.99. The Morgan fingerprint density at radius 2 is 1.93 bits per heavy atom. The Hall–Kier alpha value is -2.78. The molecule has 3 aromatic rings. The third-order valence-electron chi connectivity index (χ3n) is 3.70. The van der Waals surface area contributed by atoms with Crippen LogP contribution in [-0.2, 0) is 14.8 Å². The number of nitrogens with two attached hydrogens (primary N) is 1. The molecule has 2 N–H and O–H groups in total. The van der Waals surface area contributed by atoms with E-state index < -0.39 is 27.5 Å². The fourth-order valence-electron chi connectivity index (χ4n) is 2.60. The van der Waals surface area contributed by atoms with Crippen LogP contribution in [-0.4, -0.2) is 29.7 Å². The van der Waals surface area contributed by atoms with Gasteiger partial charge in [-0.25, -0.2) is 27.7 Å². The quantitative estimate of drug-likeness (QED) is 0.722. The lowest BCUT2D eigenvalue weighted by molar-refractivity contribution is 0.0544. The van der Waals surface area contributed by atoms with E-state index in [0.717, 1.165) is 0 Å². The second-order valence-electron chi connectivity index (χ2n) is 6.98.